The van der Waals surface area contributed by atoms with E-state index in [2.05, 4.69) is 6.92 Å². The molecule has 0 aliphatic heterocycles. The zero-order valence-electron chi connectivity index (χ0n) is 14.9. The molecule has 0 fully saturated rings. The van der Waals surface area contributed by atoms with Crippen LogP contribution in [0.25, 0.3) is 0 Å². The average molecular weight is 378 g/mol. The van der Waals surface area contributed by atoms with Crippen LogP contribution >= 0.6 is 0 Å². The van der Waals surface area contributed by atoms with E-state index in [9.17, 15) is 26.7 Å². The summed E-state index contributed by atoms with van der Waals surface area (Å²) in [5, 5.41) is 0. The van der Waals surface area contributed by atoms with Gasteiger partial charge in [0.2, 0.25) is 5.82 Å². The largest absolute Gasteiger partial charge is 0.454 e. The van der Waals surface area contributed by atoms with Gasteiger partial charge in [0, 0.05) is 0 Å². The van der Waals surface area contributed by atoms with Crippen LogP contribution in [0.5, 0.6) is 0 Å². The van der Waals surface area contributed by atoms with Crippen LogP contribution in [0.4, 0.5) is 22.0 Å². The van der Waals surface area contributed by atoms with Crippen molar-refractivity contribution in [3.05, 3.63) is 46.8 Å². The normalized spacial score (nSPS) is 12.6. The highest BCUT2D eigenvalue weighted by molar-refractivity contribution is 5.90. The molecule has 1 atom stereocenters. The van der Waals surface area contributed by atoms with Crippen molar-refractivity contribution < 1.29 is 31.5 Å². The molecule has 1 aromatic rings. The number of carbonyl (C=O) groups excluding carboxylic acids is 1. The topological polar surface area (TPSA) is 26.3 Å². The maximum atomic E-state index is 13.7. The second-order valence-corrected chi connectivity index (χ2v) is 5.95. The molecule has 0 radical (unpaired) electrons. The molecule has 0 saturated carbocycles. The van der Waals surface area contributed by atoms with Crippen molar-refractivity contribution in [3.63, 3.8) is 0 Å². The predicted molar refractivity (Wildman–Crippen MR) is 88.2 cm³/mol. The lowest BCUT2D eigenvalue weighted by molar-refractivity contribution is 0.0362. The number of esters is 1. The van der Waals surface area contributed by atoms with Gasteiger partial charge in [-0.25, -0.2) is 26.7 Å². The summed E-state index contributed by atoms with van der Waals surface area (Å²) in [7, 11) is 0. The second kappa shape index (κ2) is 10.9. The Hall–Kier alpha value is -1.92. The maximum absolute atomic E-state index is 13.7. The minimum Gasteiger partial charge on any atom is -0.454 e. The number of unbranched alkanes of at least 4 members (excludes halogenated alkanes) is 4. The summed E-state index contributed by atoms with van der Waals surface area (Å²) in [4.78, 5) is 12.0. The van der Waals surface area contributed by atoms with Crippen LogP contribution in [0.1, 0.15) is 69.2 Å². The molecule has 0 bridgehead atoms. The van der Waals surface area contributed by atoms with Crippen LogP contribution in [0, 0.1) is 29.1 Å². The Balaban J connectivity index is 2.96. The van der Waals surface area contributed by atoms with Gasteiger partial charge in [0.05, 0.1) is 0 Å². The molecule has 1 aromatic carbocycles. The molecule has 7 heteroatoms. The highest BCUT2D eigenvalue weighted by Gasteiger charge is 2.31. The van der Waals surface area contributed by atoms with Gasteiger partial charge in [-0.3, -0.25) is 0 Å². The summed E-state index contributed by atoms with van der Waals surface area (Å²) in [6, 6.07) is 0. The molecule has 0 aliphatic rings. The van der Waals surface area contributed by atoms with E-state index in [4.69, 9.17) is 4.74 Å². The number of benzene rings is 1. The van der Waals surface area contributed by atoms with E-state index in [0.717, 1.165) is 32.1 Å². The molecular formula is C19H23F5O2. The number of rotatable bonds is 10. The molecule has 0 spiro atoms. The maximum Gasteiger partial charge on any atom is 0.344 e. The van der Waals surface area contributed by atoms with Gasteiger partial charge < -0.3 is 4.74 Å². The lowest BCUT2D eigenvalue weighted by Crippen LogP contribution is -2.20. The van der Waals surface area contributed by atoms with Crippen molar-refractivity contribution in [3.8, 4) is 0 Å². The first-order valence-electron chi connectivity index (χ1n) is 8.74. The first-order chi connectivity index (χ1) is 12.3. The predicted octanol–water partition coefficient (Wildman–Crippen LogP) is 6.23. The third kappa shape index (κ3) is 5.81. The van der Waals surface area contributed by atoms with Crippen LogP contribution in [-0.2, 0) is 4.74 Å². The third-order valence-electron chi connectivity index (χ3n) is 3.84. The molecule has 146 valence electrons. The molecule has 0 N–H and O–H groups in total. The molecule has 0 aromatic heterocycles. The van der Waals surface area contributed by atoms with E-state index in [-0.39, 0.29) is 0 Å². The van der Waals surface area contributed by atoms with Gasteiger partial charge in [0.15, 0.2) is 23.3 Å². The summed E-state index contributed by atoms with van der Waals surface area (Å²) >= 11 is 0. The Kier molecular flexibility index (Phi) is 9.30. The summed E-state index contributed by atoms with van der Waals surface area (Å²) in [5.74, 6) is -12.6. The Bertz CT molecular complexity index is 614. The van der Waals surface area contributed by atoms with Crippen molar-refractivity contribution in [1.82, 2.24) is 0 Å². The van der Waals surface area contributed by atoms with E-state index in [1.54, 1.807) is 12.2 Å². The van der Waals surface area contributed by atoms with Gasteiger partial charge in [-0.1, -0.05) is 39.2 Å². The van der Waals surface area contributed by atoms with E-state index in [1.165, 1.54) is 0 Å². The van der Waals surface area contributed by atoms with Gasteiger partial charge in [0.1, 0.15) is 11.7 Å². The van der Waals surface area contributed by atoms with Crippen molar-refractivity contribution in [1.29, 1.82) is 0 Å². The number of hydrogen-bond donors (Lipinski definition) is 0. The van der Waals surface area contributed by atoms with Crippen molar-refractivity contribution in [2.24, 2.45) is 0 Å². The van der Waals surface area contributed by atoms with E-state index >= 15 is 0 Å². The smallest absolute Gasteiger partial charge is 0.344 e. The fraction of sp³-hybridized carbons (Fsp3) is 0.526. The van der Waals surface area contributed by atoms with Crippen LogP contribution in [0.3, 0.4) is 0 Å². The lowest BCUT2D eigenvalue weighted by atomic mass is 10.1. The Labute approximate surface area is 150 Å². The minimum absolute atomic E-state index is 0.391. The fourth-order valence-corrected chi connectivity index (χ4v) is 2.34. The Morgan fingerprint density at radius 3 is 1.96 bits per heavy atom. The van der Waals surface area contributed by atoms with Crippen LogP contribution in [-0.4, -0.2) is 12.1 Å². The zero-order chi connectivity index (χ0) is 19.7. The summed E-state index contributed by atoms with van der Waals surface area (Å²) in [5.41, 5.74) is -1.57. The summed E-state index contributed by atoms with van der Waals surface area (Å²) < 4.78 is 72.0. The summed E-state index contributed by atoms with van der Waals surface area (Å²) in [6.45, 7) is 3.97. The minimum atomic E-state index is -2.31. The van der Waals surface area contributed by atoms with Gasteiger partial charge >= 0.3 is 5.97 Å². The SMILES string of the molecule is CCCCC/C=C\C(CCCC)OC(=O)c1c(F)c(F)c(F)c(F)c1F. The number of halogens is 5. The highest BCUT2D eigenvalue weighted by atomic mass is 19.2. The third-order valence-corrected chi connectivity index (χ3v) is 3.84. The van der Waals surface area contributed by atoms with Gasteiger partial charge in [-0.2, -0.15) is 0 Å². The molecule has 1 rings (SSSR count). The fourth-order valence-electron chi connectivity index (χ4n) is 2.34. The zero-order valence-corrected chi connectivity index (χ0v) is 14.9. The monoisotopic (exact) mass is 378 g/mol. The van der Waals surface area contributed by atoms with Gasteiger partial charge in [0.25, 0.3) is 0 Å². The molecule has 26 heavy (non-hydrogen) atoms. The number of ether oxygens (including phenoxy) is 1. The standard InChI is InChI=1S/C19H23F5O2/c1-3-5-7-8-9-11-12(10-6-4-2)26-19(25)13-14(20)16(22)18(24)17(23)15(13)21/h9,11-12H,3-8,10H2,1-2H3/b11-9-. The Morgan fingerprint density at radius 2 is 1.42 bits per heavy atom. The molecule has 0 amide bonds. The highest BCUT2D eigenvalue weighted by Crippen LogP contribution is 2.24. The summed E-state index contributed by atoms with van der Waals surface area (Å²) in [6.07, 6.45) is 8.22. The molecule has 0 heterocycles. The quantitative estimate of drug-likeness (QED) is 0.120. The van der Waals surface area contributed by atoms with Crippen LogP contribution in [0.2, 0.25) is 0 Å². The molecule has 2 nitrogen and oxygen atoms in total. The molecule has 1 unspecified atom stereocenters. The number of carbonyl (C=O) groups is 1. The molecule has 0 saturated heterocycles. The van der Waals surface area contributed by atoms with Crippen LogP contribution in [0.15, 0.2) is 12.2 Å². The van der Waals surface area contributed by atoms with E-state index < -0.39 is 46.7 Å². The van der Waals surface area contributed by atoms with E-state index in [1.807, 2.05) is 6.92 Å². The molecule has 0 aliphatic carbocycles. The van der Waals surface area contributed by atoms with Gasteiger partial charge in [-0.05, 0) is 31.8 Å². The van der Waals surface area contributed by atoms with Crippen molar-refractivity contribution >= 4 is 5.97 Å². The number of allylic oxidation sites excluding steroid dienone is 1. The van der Waals surface area contributed by atoms with Crippen molar-refractivity contribution in [2.75, 3.05) is 0 Å². The van der Waals surface area contributed by atoms with Gasteiger partial charge in [-0.15, -0.1) is 0 Å². The first kappa shape index (κ1) is 22.1. The van der Waals surface area contributed by atoms with E-state index in [0.29, 0.717) is 12.8 Å². The molecular weight excluding hydrogens is 355 g/mol. The van der Waals surface area contributed by atoms with Crippen molar-refractivity contribution in [2.45, 2.75) is 64.9 Å². The Morgan fingerprint density at radius 1 is 0.885 bits per heavy atom. The second-order valence-electron chi connectivity index (χ2n) is 5.95. The average Bonchev–Trinajstić information content (AvgIpc) is 2.62. The van der Waals surface area contributed by atoms with Crippen LogP contribution < -0.4 is 0 Å². The number of hydrogen-bond acceptors (Lipinski definition) is 2. The lowest BCUT2D eigenvalue weighted by Gasteiger charge is -2.15. The first-order valence-corrected chi connectivity index (χ1v) is 8.74.